The summed E-state index contributed by atoms with van der Waals surface area (Å²) in [7, 11) is -2.00. The Morgan fingerprint density at radius 1 is 1.15 bits per heavy atom. The highest BCUT2D eigenvalue weighted by molar-refractivity contribution is 7.91. The lowest BCUT2D eigenvalue weighted by molar-refractivity contribution is 0.414. The summed E-state index contributed by atoms with van der Waals surface area (Å²) in [5.41, 5.74) is 1.93. The van der Waals surface area contributed by atoms with Crippen LogP contribution in [0, 0.1) is 0 Å². The highest BCUT2D eigenvalue weighted by atomic mass is 32.2. The molecule has 3 aromatic rings. The number of methoxy groups -OCH3 is 1. The summed E-state index contributed by atoms with van der Waals surface area (Å²) in [6.45, 7) is 4.01. The Bertz CT molecular complexity index is 991. The molecule has 8 heteroatoms. The number of sulfonamides is 1. The van der Waals surface area contributed by atoms with Gasteiger partial charge in [-0.15, -0.1) is 22.7 Å². The number of rotatable bonds is 8. The van der Waals surface area contributed by atoms with Crippen molar-refractivity contribution >= 4 is 32.7 Å². The first kappa shape index (κ1) is 20.0. The third-order valence-electron chi connectivity index (χ3n) is 4.19. The number of hydrogen-bond acceptors (Lipinski definition) is 6. The Balaban J connectivity index is 1.80. The second kappa shape index (κ2) is 8.52. The van der Waals surface area contributed by atoms with E-state index in [9.17, 15) is 8.42 Å². The van der Waals surface area contributed by atoms with Crippen molar-refractivity contribution in [1.82, 2.24) is 9.71 Å². The number of hydrogen-bond donors (Lipinski definition) is 1. The smallest absolute Gasteiger partial charge is 0.250 e. The van der Waals surface area contributed by atoms with E-state index >= 15 is 0 Å². The van der Waals surface area contributed by atoms with E-state index in [0.29, 0.717) is 10.6 Å². The zero-order chi connectivity index (χ0) is 19.4. The minimum atomic E-state index is -3.61. The molecule has 1 atom stereocenters. The number of ether oxygens (including phenoxy) is 1. The van der Waals surface area contributed by atoms with Gasteiger partial charge in [0.25, 0.3) is 10.0 Å². The second-order valence-corrected chi connectivity index (χ2v) is 9.85. The van der Waals surface area contributed by atoms with Gasteiger partial charge in [-0.3, -0.25) is 0 Å². The molecule has 5 nitrogen and oxygen atoms in total. The SMILES string of the molecule is CCc1csc(-c2ccc(S(=O)(=O)N[C@H](CC)c3ccc(OC)cc3)s2)n1. The van der Waals surface area contributed by atoms with Crippen molar-refractivity contribution < 1.29 is 13.2 Å². The predicted molar refractivity (Wildman–Crippen MR) is 111 cm³/mol. The number of nitrogens with one attached hydrogen (secondary N) is 1. The number of nitrogens with zero attached hydrogens (tertiary/aromatic N) is 1. The van der Waals surface area contributed by atoms with Gasteiger partial charge in [0, 0.05) is 11.4 Å². The molecule has 0 radical (unpaired) electrons. The zero-order valence-electron chi connectivity index (χ0n) is 15.4. The molecule has 144 valence electrons. The van der Waals surface area contributed by atoms with Gasteiger partial charge in [0.05, 0.1) is 17.7 Å². The van der Waals surface area contributed by atoms with Crippen molar-refractivity contribution in [2.45, 2.75) is 36.9 Å². The molecule has 1 aromatic carbocycles. The van der Waals surface area contributed by atoms with Gasteiger partial charge < -0.3 is 4.74 Å². The monoisotopic (exact) mass is 422 g/mol. The van der Waals surface area contributed by atoms with E-state index in [4.69, 9.17) is 4.74 Å². The average molecular weight is 423 g/mol. The van der Waals surface area contributed by atoms with Gasteiger partial charge in [-0.1, -0.05) is 26.0 Å². The van der Waals surface area contributed by atoms with Crippen LogP contribution in [-0.4, -0.2) is 20.5 Å². The van der Waals surface area contributed by atoms with Gasteiger partial charge in [0.15, 0.2) is 0 Å². The molecule has 0 saturated carbocycles. The maximum Gasteiger partial charge on any atom is 0.250 e. The first-order valence-electron chi connectivity index (χ1n) is 8.67. The van der Waals surface area contributed by atoms with Crippen LogP contribution in [0.5, 0.6) is 5.75 Å². The molecule has 0 amide bonds. The Morgan fingerprint density at radius 2 is 1.89 bits per heavy atom. The molecule has 0 fully saturated rings. The first-order chi connectivity index (χ1) is 13.0. The van der Waals surface area contributed by atoms with Crippen LogP contribution in [0.15, 0.2) is 46.0 Å². The number of benzene rings is 1. The summed E-state index contributed by atoms with van der Waals surface area (Å²) >= 11 is 2.79. The molecule has 0 bridgehead atoms. The molecule has 0 spiro atoms. The Hall–Kier alpha value is -1.74. The quantitative estimate of drug-likeness (QED) is 0.562. The molecule has 0 aliphatic heterocycles. The highest BCUT2D eigenvalue weighted by Crippen LogP contribution is 2.33. The average Bonchev–Trinajstić information content (AvgIpc) is 3.35. The van der Waals surface area contributed by atoms with E-state index in [1.165, 1.54) is 11.3 Å². The normalized spacial score (nSPS) is 12.9. The fourth-order valence-electron chi connectivity index (χ4n) is 2.63. The van der Waals surface area contributed by atoms with Crippen molar-refractivity contribution in [1.29, 1.82) is 0 Å². The standard InChI is InChI=1S/C19H22N2O3S3/c1-4-14-12-25-19(20-14)17-10-11-18(26-17)27(22,23)21-16(5-2)13-6-8-15(24-3)9-7-13/h6-12,16,21H,4-5H2,1-3H3/t16-/m1/s1. The van der Waals surface area contributed by atoms with Gasteiger partial charge >= 0.3 is 0 Å². The molecule has 1 N–H and O–H groups in total. The van der Waals surface area contributed by atoms with Crippen molar-refractivity contribution in [2.75, 3.05) is 7.11 Å². The van der Waals surface area contributed by atoms with Crippen LogP contribution in [0.25, 0.3) is 9.88 Å². The van der Waals surface area contributed by atoms with Crippen molar-refractivity contribution in [2.24, 2.45) is 0 Å². The van der Waals surface area contributed by atoms with Gasteiger partial charge in [0.2, 0.25) is 0 Å². The lowest BCUT2D eigenvalue weighted by Gasteiger charge is -2.17. The maximum absolute atomic E-state index is 12.9. The maximum atomic E-state index is 12.9. The topological polar surface area (TPSA) is 68.3 Å². The molecule has 0 aliphatic carbocycles. The second-order valence-electron chi connectivity index (χ2n) is 5.97. The molecular weight excluding hydrogens is 400 g/mol. The molecule has 2 heterocycles. The van der Waals surface area contributed by atoms with Crippen molar-refractivity contribution in [3.63, 3.8) is 0 Å². The fourth-order valence-corrected chi connectivity index (χ4v) is 6.24. The van der Waals surface area contributed by atoms with E-state index in [1.807, 2.05) is 42.6 Å². The summed E-state index contributed by atoms with van der Waals surface area (Å²) < 4.78 is 34.0. The van der Waals surface area contributed by atoms with Crippen molar-refractivity contribution in [3.8, 4) is 15.6 Å². The van der Waals surface area contributed by atoms with E-state index in [2.05, 4.69) is 16.6 Å². The Kier molecular flexibility index (Phi) is 6.31. The van der Waals surface area contributed by atoms with Crippen LogP contribution < -0.4 is 9.46 Å². The van der Waals surface area contributed by atoms with Crippen LogP contribution in [0.4, 0.5) is 0 Å². The molecular formula is C19H22N2O3S3. The lowest BCUT2D eigenvalue weighted by atomic mass is 10.1. The number of aromatic nitrogens is 1. The van der Waals surface area contributed by atoms with Gasteiger partial charge in [-0.2, -0.15) is 0 Å². The highest BCUT2D eigenvalue weighted by Gasteiger charge is 2.23. The van der Waals surface area contributed by atoms with Gasteiger partial charge in [-0.05, 0) is 42.7 Å². The summed E-state index contributed by atoms with van der Waals surface area (Å²) in [5, 5.41) is 2.87. The van der Waals surface area contributed by atoms with Crippen LogP contribution in [0.3, 0.4) is 0 Å². The summed E-state index contributed by atoms with van der Waals surface area (Å²) in [5.74, 6) is 0.745. The lowest BCUT2D eigenvalue weighted by Crippen LogP contribution is -2.27. The first-order valence-corrected chi connectivity index (χ1v) is 11.9. The fraction of sp³-hybridized carbons (Fsp3) is 0.316. The molecule has 3 rings (SSSR count). The Morgan fingerprint density at radius 3 is 2.48 bits per heavy atom. The largest absolute Gasteiger partial charge is 0.497 e. The van der Waals surface area contributed by atoms with Crippen molar-refractivity contribution in [3.05, 3.63) is 53.0 Å². The number of thiazole rings is 1. The number of aryl methyl sites for hydroxylation is 1. The Labute approximate surface area is 168 Å². The summed E-state index contributed by atoms with van der Waals surface area (Å²) in [6, 6.07) is 10.6. The van der Waals surface area contributed by atoms with Crippen LogP contribution in [-0.2, 0) is 16.4 Å². The van der Waals surface area contributed by atoms with Crippen LogP contribution in [0.1, 0.15) is 37.6 Å². The molecule has 0 unspecified atom stereocenters. The molecule has 2 aromatic heterocycles. The predicted octanol–water partition coefficient (Wildman–Crippen LogP) is 4.87. The van der Waals surface area contributed by atoms with E-state index in [1.54, 1.807) is 24.5 Å². The van der Waals surface area contributed by atoms with E-state index in [-0.39, 0.29) is 6.04 Å². The van der Waals surface area contributed by atoms with Gasteiger partial charge in [0.1, 0.15) is 15.0 Å². The van der Waals surface area contributed by atoms with Crippen LogP contribution in [0.2, 0.25) is 0 Å². The minimum absolute atomic E-state index is 0.294. The minimum Gasteiger partial charge on any atom is -0.497 e. The third kappa shape index (κ3) is 4.57. The third-order valence-corrected chi connectivity index (χ3v) is 8.30. The molecule has 27 heavy (non-hydrogen) atoms. The van der Waals surface area contributed by atoms with E-state index in [0.717, 1.165) is 33.3 Å². The number of thiophene rings is 1. The summed E-state index contributed by atoms with van der Waals surface area (Å²) in [6.07, 6.45) is 1.52. The zero-order valence-corrected chi connectivity index (χ0v) is 17.9. The molecule has 0 aliphatic rings. The summed E-state index contributed by atoms with van der Waals surface area (Å²) in [4.78, 5) is 5.41. The molecule has 0 saturated heterocycles. The van der Waals surface area contributed by atoms with E-state index < -0.39 is 10.0 Å². The van der Waals surface area contributed by atoms with Gasteiger partial charge in [-0.25, -0.2) is 18.1 Å². The van der Waals surface area contributed by atoms with Crippen LogP contribution >= 0.6 is 22.7 Å².